The maximum absolute atomic E-state index is 12.1. The zero-order valence-electron chi connectivity index (χ0n) is 11.7. The molecule has 7 heteroatoms. The van der Waals surface area contributed by atoms with E-state index in [-0.39, 0.29) is 19.2 Å². The van der Waals surface area contributed by atoms with Crippen molar-refractivity contribution in [1.29, 1.82) is 0 Å². The largest absolute Gasteiger partial charge is 0.396 e. The second kappa shape index (κ2) is 7.95. The molecule has 5 nitrogen and oxygen atoms in total. The Labute approximate surface area is 125 Å². The van der Waals surface area contributed by atoms with Crippen molar-refractivity contribution in [3.05, 3.63) is 34.9 Å². The first-order valence-electron chi connectivity index (χ1n) is 6.44. The Morgan fingerprint density at radius 1 is 1.35 bits per heavy atom. The molecule has 1 atom stereocenters. The van der Waals surface area contributed by atoms with Crippen molar-refractivity contribution in [3.8, 4) is 0 Å². The summed E-state index contributed by atoms with van der Waals surface area (Å²) in [5.74, 6) is 0. The Balaban J connectivity index is 2.60. The van der Waals surface area contributed by atoms with Crippen molar-refractivity contribution >= 4 is 21.8 Å². The van der Waals surface area contributed by atoms with Crippen LogP contribution >= 0.6 is 11.6 Å². The molecule has 0 saturated carbocycles. The van der Waals surface area contributed by atoms with E-state index in [1.165, 1.54) is 11.4 Å². The fourth-order valence-corrected chi connectivity index (χ4v) is 2.98. The average molecular weight is 321 g/mol. The van der Waals surface area contributed by atoms with Gasteiger partial charge in [0.1, 0.15) is 0 Å². The molecule has 20 heavy (non-hydrogen) atoms. The zero-order chi connectivity index (χ0) is 15.2. The van der Waals surface area contributed by atoms with E-state index in [9.17, 15) is 8.42 Å². The van der Waals surface area contributed by atoms with Gasteiger partial charge in [0, 0.05) is 31.3 Å². The van der Waals surface area contributed by atoms with E-state index in [4.69, 9.17) is 16.7 Å². The van der Waals surface area contributed by atoms with Gasteiger partial charge >= 0.3 is 0 Å². The predicted molar refractivity (Wildman–Crippen MR) is 80.8 cm³/mol. The number of nitrogens with one attached hydrogen (secondary N) is 1. The molecule has 1 rings (SSSR count). The second-order valence-corrected chi connectivity index (χ2v) is 7.02. The highest BCUT2D eigenvalue weighted by atomic mass is 35.5. The minimum absolute atomic E-state index is 0.0622. The minimum atomic E-state index is -3.53. The molecule has 0 aliphatic rings. The average Bonchev–Trinajstić information content (AvgIpc) is 2.38. The van der Waals surface area contributed by atoms with Crippen molar-refractivity contribution in [3.63, 3.8) is 0 Å². The number of nitrogens with zero attached hydrogens (tertiary/aromatic N) is 1. The molecular weight excluding hydrogens is 300 g/mol. The summed E-state index contributed by atoms with van der Waals surface area (Å²) in [6, 6.07) is 6.84. The first-order chi connectivity index (χ1) is 9.35. The molecule has 0 heterocycles. The smallest absolute Gasteiger partial charge is 0.279 e. The SMILES string of the molecule is CC(CCCO)NS(=O)(=O)N(C)Cc1ccc(Cl)cc1. The molecule has 0 fully saturated rings. The lowest BCUT2D eigenvalue weighted by molar-refractivity contribution is 0.279. The Morgan fingerprint density at radius 3 is 2.50 bits per heavy atom. The van der Waals surface area contributed by atoms with E-state index in [1.54, 1.807) is 31.2 Å². The minimum Gasteiger partial charge on any atom is -0.396 e. The summed E-state index contributed by atoms with van der Waals surface area (Å²) in [7, 11) is -2.01. The molecule has 0 spiro atoms. The van der Waals surface area contributed by atoms with E-state index in [0.717, 1.165) is 5.56 Å². The lowest BCUT2D eigenvalue weighted by Crippen LogP contribution is -2.42. The molecule has 0 amide bonds. The highest BCUT2D eigenvalue weighted by molar-refractivity contribution is 7.87. The Bertz CT molecular complexity index is 505. The molecule has 1 aromatic rings. The van der Waals surface area contributed by atoms with Crippen LogP contribution in [0.25, 0.3) is 0 Å². The topological polar surface area (TPSA) is 69.6 Å². The molecule has 0 radical (unpaired) electrons. The molecule has 0 saturated heterocycles. The van der Waals surface area contributed by atoms with Crippen LogP contribution in [0.4, 0.5) is 0 Å². The number of rotatable bonds is 8. The molecule has 1 aromatic carbocycles. The van der Waals surface area contributed by atoms with E-state index in [2.05, 4.69) is 4.72 Å². The van der Waals surface area contributed by atoms with Gasteiger partial charge in [-0.25, -0.2) is 0 Å². The number of halogens is 1. The van der Waals surface area contributed by atoms with Gasteiger partial charge < -0.3 is 5.11 Å². The monoisotopic (exact) mass is 320 g/mol. The maximum atomic E-state index is 12.1. The number of hydrogen-bond donors (Lipinski definition) is 2. The van der Waals surface area contributed by atoms with E-state index >= 15 is 0 Å². The number of hydrogen-bond acceptors (Lipinski definition) is 3. The van der Waals surface area contributed by atoms with Crippen molar-refractivity contribution in [2.24, 2.45) is 0 Å². The van der Waals surface area contributed by atoms with Gasteiger partial charge in [0.2, 0.25) is 0 Å². The fraction of sp³-hybridized carbons (Fsp3) is 0.538. The Kier molecular flexibility index (Phi) is 6.91. The molecule has 1 unspecified atom stereocenters. The summed E-state index contributed by atoms with van der Waals surface area (Å²) >= 11 is 5.79. The van der Waals surface area contributed by atoms with E-state index in [1.807, 2.05) is 0 Å². The molecule has 0 aromatic heterocycles. The summed E-state index contributed by atoms with van der Waals surface area (Å²) in [4.78, 5) is 0. The van der Waals surface area contributed by atoms with Crippen molar-refractivity contribution in [2.45, 2.75) is 32.4 Å². The van der Waals surface area contributed by atoms with Gasteiger partial charge in [-0.05, 0) is 37.5 Å². The van der Waals surface area contributed by atoms with Crippen LogP contribution in [-0.2, 0) is 16.8 Å². The van der Waals surface area contributed by atoms with Gasteiger partial charge in [0.15, 0.2) is 0 Å². The Hall–Kier alpha value is -0.660. The van der Waals surface area contributed by atoms with Gasteiger partial charge in [-0.1, -0.05) is 23.7 Å². The van der Waals surface area contributed by atoms with Crippen LogP contribution in [0.3, 0.4) is 0 Å². The predicted octanol–water partition coefficient (Wildman–Crippen LogP) is 1.77. The molecule has 0 aliphatic carbocycles. The van der Waals surface area contributed by atoms with Crippen LogP contribution in [0, 0.1) is 0 Å². The van der Waals surface area contributed by atoms with E-state index in [0.29, 0.717) is 17.9 Å². The second-order valence-electron chi connectivity index (χ2n) is 4.77. The zero-order valence-corrected chi connectivity index (χ0v) is 13.3. The highest BCUT2D eigenvalue weighted by Crippen LogP contribution is 2.12. The van der Waals surface area contributed by atoms with Crippen molar-refractivity contribution in [1.82, 2.24) is 9.03 Å². The molecule has 0 bridgehead atoms. The van der Waals surface area contributed by atoms with Crippen LogP contribution in [0.5, 0.6) is 0 Å². The molecule has 114 valence electrons. The van der Waals surface area contributed by atoms with Crippen LogP contribution < -0.4 is 4.72 Å². The summed E-state index contributed by atoms with van der Waals surface area (Å²) in [6.45, 7) is 2.12. The quantitative estimate of drug-likeness (QED) is 0.767. The molecular formula is C13H21ClN2O3S. The number of aliphatic hydroxyl groups is 1. The van der Waals surface area contributed by atoms with Gasteiger partial charge in [-0.15, -0.1) is 0 Å². The van der Waals surface area contributed by atoms with Crippen molar-refractivity contribution in [2.75, 3.05) is 13.7 Å². The van der Waals surface area contributed by atoms with E-state index < -0.39 is 10.2 Å². The highest BCUT2D eigenvalue weighted by Gasteiger charge is 2.20. The third kappa shape index (κ3) is 5.76. The van der Waals surface area contributed by atoms with Crippen LogP contribution in [0.15, 0.2) is 24.3 Å². The van der Waals surface area contributed by atoms with Crippen LogP contribution in [0.2, 0.25) is 5.02 Å². The van der Waals surface area contributed by atoms with Crippen LogP contribution in [0.1, 0.15) is 25.3 Å². The third-order valence-corrected chi connectivity index (χ3v) is 4.78. The standard InChI is InChI=1S/C13H21ClN2O3S/c1-11(4-3-9-17)15-20(18,19)16(2)10-12-5-7-13(14)8-6-12/h5-8,11,15,17H,3-4,9-10H2,1-2H3. The molecule has 0 aliphatic heterocycles. The number of benzene rings is 1. The fourth-order valence-electron chi connectivity index (χ4n) is 1.73. The van der Waals surface area contributed by atoms with Gasteiger partial charge in [0.25, 0.3) is 10.2 Å². The number of aliphatic hydroxyl groups excluding tert-OH is 1. The summed E-state index contributed by atoms with van der Waals surface area (Å²) in [5.41, 5.74) is 0.866. The van der Waals surface area contributed by atoms with Gasteiger partial charge in [0.05, 0.1) is 0 Å². The first kappa shape index (κ1) is 17.4. The first-order valence-corrected chi connectivity index (χ1v) is 8.26. The third-order valence-electron chi connectivity index (χ3n) is 2.87. The summed E-state index contributed by atoms with van der Waals surface area (Å²) < 4.78 is 28.0. The summed E-state index contributed by atoms with van der Waals surface area (Å²) in [5, 5.41) is 9.36. The maximum Gasteiger partial charge on any atom is 0.279 e. The summed E-state index contributed by atoms with van der Waals surface area (Å²) in [6.07, 6.45) is 1.18. The van der Waals surface area contributed by atoms with Gasteiger partial charge in [-0.2, -0.15) is 17.4 Å². The Morgan fingerprint density at radius 2 is 1.95 bits per heavy atom. The van der Waals surface area contributed by atoms with Crippen LogP contribution in [-0.4, -0.2) is 37.5 Å². The van der Waals surface area contributed by atoms with Crippen molar-refractivity contribution < 1.29 is 13.5 Å². The normalized spacial score (nSPS) is 13.7. The lowest BCUT2D eigenvalue weighted by Gasteiger charge is -2.21. The molecule has 2 N–H and O–H groups in total. The van der Waals surface area contributed by atoms with Gasteiger partial charge in [-0.3, -0.25) is 0 Å². The lowest BCUT2D eigenvalue weighted by atomic mass is 10.2.